The van der Waals surface area contributed by atoms with Gasteiger partial charge in [-0.2, -0.15) is 11.8 Å². The van der Waals surface area contributed by atoms with Gasteiger partial charge in [0.2, 0.25) is 0 Å². The quantitative estimate of drug-likeness (QED) is 0.309. The minimum Gasteiger partial charge on any atom is -0.480 e. The minimum atomic E-state index is -0.967. The van der Waals surface area contributed by atoms with Gasteiger partial charge in [0.15, 0.2) is 0 Å². The third kappa shape index (κ3) is 8.49. The Kier molecular flexibility index (Phi) is 8.93. The van der Waals surface area contributed by atoms with Gasteiger partial charge in [0.25, 0.3) is 0 Å². The molecule has 5 nitrogen and oxygen atoms in total. The Hall–Kier alpha value is -0.820. The Balaban J connectivity index is 3.31. The van der Waals surface area contributed by atoms with Gasteiger partial charge in [-0.25, -0.2) is 4.39 Å². The van der Waals surface area contributed by atoms with Crippen molar-refractivity contribution < 1.29 is 14.3 Å². The number of carboxylic acid groups (broad SMARTS) is 1. The van der Waals surface area contributed by atoms with Crippen molar-refractivity contribution in [2.45, 2.75) is 18.9 Å². The fourth-order valence-electron chi connectivity index (χ4n) is 0.927. The number of hydrogen-bond donors (Lipinski definition) is 3. The van der Waals surface area contributed by atoms with E-state index in [0.29, 0.717) is 13.0 Å². The van der Waals surface area contributed by atoms with Gasteiger partial charge in [-0.15, -0.1) is 0 Å². The first kappa shape index (κ1) is 15.2. The summed E-state index contributed by atoms with van der Waals surface area (Å²) >= 11 is 1.63. The maximum Gasteiger partial charge on any atom is 0.320 e. The smallest absolute Gasteiger partial charge is 0.320 e. The van der Waals surface area contributed by atoms with Crippen molar-refractivity contribution >= 4 is 23.6 Å². The van der Waals surface area contributed by atoms with Crippen molar-refractivity contribution in [1.29, 1.82) is 0 Å². The highest BCUT2D eigenvalue weighted by Crippen LogP contribution is 2.05. The lowest BCUT2D eigenvalue weighted by molar-refractivity contribution is -0.138. The average molecular weight is 251 g/mol. The van der Waals surface area contributed by atoms with Crippen LogP contribution in [-0.4, -0.2) is 47.7 Å². The number of aliphatic carboxylic acids is 1. The van der Waals surface area contributed by atoms with Gasteiger partial charge in [0.05, 0.1) is 6.54 Å². The van der Waals surface area contributed by atoms with E-state index < -0.39 is 18.7 Å². The second kappa shape index (κ2) is 9.41. The molecule has 0 heterocycles. The highest BCUT2D eigenvalue weighted by Gasteiger charge is 2.09. The monoisotopic (exact) mass is 251 g/mol. The van der Waals surface area contributed by atoms with Crippen LogP contribution in [0.2, 0.25) is 0 Å². The van der Waals surface area contributed by atoms with E-state index in [1.165, 1.54) is 0 Å². The van der Waals surface area contributed by atoms with E-state index >= 15 is 0 Å². The maximum atomic E-state index is 11.8. The van der Waals surface area contributed by atoms with Crippen molar-refractivity contribution in [2.75, 3.05) is 24.7 Å². The summed E-state index contributed by atoms with van der Waals surface area (Å²) < 4.78 is 11.8. The molecule has 0 radical (unpaired) electrons. The zero-order chi connectivity index (χ0) is 12.4. The molecule has 94 valence electrons. The summed E-state index contributed by atoms with van der Waals surface area (Å²) in [7, 11) is 0. The van der Waals surface area contributed by atoms with Crippen LogP contribution in [0, 0.1) is 0 Å². The molecule has 0 aromatic rings. The average Bonchev–Trinajstić information content (AvgIpc) is 2.26. The fourth-order valence-corrected chi connectivity index (χ4v) is 1.72. The number of halogens is 1. The van der Waals surface area contributed by atoms with Gasteiger partial charge in [-0.1, -0.05) is 0 Å². The molecular formula is C9H18FN3O2S. The summed E-state index contributed by atoms with van der Waals surface area (Å²) in [6.07, 6.45) is 1.22. The SMILES string of the molecule is NC(CF)=NCCSCCCC(N)C(=O)O. The van der Waals surface area contributed by atoms with Crippen molar-refractivity contribution in [1.82, 2.24) is 0 Å². The van der Waals surface area contributed by atoms with Crippen LogP contribution < -0.4 is 11.5 Å². The highest BCUT2D eigenvalue weighted by molar-refractivity contribution is 7.99. The van der Waals surface area contributed by atoms with Crippen LogP contribution in [0.15, 0.2) is 4.99 Å². The second-order valence-corrected chi connectivity index (χ2v) is 4.43. The molecule has 16 heavy (non-hydrogen) atoms. The lowest BCUT2D eigenvalue weighted by Crippen LogP contribution is -2.29. The fraction of sp³-hybridized carbons (Fsp3) is 0.778. The normalized spacial score (nSPS) is 13.8. The molecule has 0 aliphatic carbocycles. The van der Waals surface area contributed by atoms with Gasteiger partial charge in [-0.05, 0) is 18.6 Å². The Morgan fingerprint density at radius 1 is 1.50 bits per heavy atom. The standard InChI is InChI=1S/C9H18FN3O2S/c10-6-8(12)13-3-5-16-4-1-2-7(11)9(14)15/h7H,1-6,11H2,(H2,12,13)(H,14,15). The van der Waals surface area contributed by atoms with Gasteiger partial charge >= 0.3 is 5.97 Å². The zero-order valence-corrected chi connectivity index (χ0v) is 9.88. The molecule has 0 aliphatic rings. The molecule has 0 spiro atoms. The predicted molar refractivity (Wildman–Crippen MR) is 64.6 cm³/mol. The molecular weight excluding hydrogens is 233 g/mol. The number of nitrogens with zero attached hydrogens (tertiary/aromatic N) is 1. The summed E-state index contributed by atoms with van der Waals surface area (Å²) in [5, 5.41) is 8.51. The number of amidine groups is 1. The number of alkyl halides is 1. The van der Waals surface area contributed by atoms with E-state index in [2.05, 4.69) is 4.99 Å². The van der Waals surface area contributed by atoms with E-state index in [-0.39, 0.29) is 5.84 Å². The van der Waals surface area contributed by atoms with E-state index in [0.717, 1.165) is 17.9 Å². The summed E-state index contributed by atoms with van der Waals surface area (Å²) in [5.74, 6) is 0.633. The molecule has 0 amide bonds. The van der Waals surface area contributed by atoms with Crippen LogP contribution in [0.1, 0.15) is 12.8 Å². The molecule has 0 fully saturated rings. The van der Waals surface area contributed by atoms with Crippen LogP contribution >= 0.6 is 11.8 Å². The summed E-state index contributed by atoms with van der Waals surface area (Å²) in [5.41, 5.74) is 10.5. The first-order valence-electron chi connectivity index (χ1n) is 4.98. The molecule has 1 atom stereocenters. The number of rotatable bonds is 9. The molecule has 0 rings (SSSR count). The first-order valence-corrected chi connectivity index (χ1v) is 6.14. The number of carboxylic acids is 1. The third-order valence-corrected chi connectivity index (χ3v) is 2.86. The van der Waals surface area contributed by atoms with Crippen molar-refractivity contribution in [3.8, 4) is 0 Å². The van der Waals surface area contributed by atoms with Crippen LogP contribution in [0.4, 0.5) is 4.39 Å². The Labute approximate surface area is 98.5 Å². The molecule has 0 aromatic heterocycles. The minimum absolute atomic E-state index is 0.0218. The second-order valence-electron chi connectivity index (χ2n) is 3.21. The molecule has 5 N–H and O–H groups in total. The van der Waals surface area contributed by atoms with E-state index in [4.69, 9.17) is 16.6 Å². The molecule has 0 bridgehead atoms. The summed E-state index contributed by atoms with van der Waals surface area (Å²) in [4.78, 5) is 14.2. The molecule has 0 aromatic carbocycles. The number of thioether (sulfide) groups is 1. The van der Waals surface area contributed by atoms with E-state index in [9.17, 15) is 9.18 Å². The Bertz CT molecular complexity index is 239. The first-order chi connectivity index (χ1) is 7.57. The van der Waals surface area contributed by atoms with Crippen molar-refractivity contribution in [3.05, 3.63) is 0 Å². The topological polar surface area (TPSA) is 102 Å². The highest BCUT2D eigenvalue weighted by atomic mass is 32.2. The number of aliphatic imine (C=N–C) groups is 1. The molecule has 0 saturated carbocycles. The van der Waals surface area contributed by atoms with Gasteiger partial charge in [0.1, 0.15) is 18.6 Å². The van der Waals surface area contributed by atoms with Gasteiger partial charge < -0.3 is 16.6 Å². The van der Waals surface area contributed by atoms with Crippen LogP contribution in [0.5, 0.6) is 0 Å². The molecule has 1 unspecified atom stereocenters. The van der Waals surface area contributed by atoms with Gasteiger partial charge in [-0.3, -0.25) is 9.79 Å². The maximum absolute atomic E-state index is 11.8. The predicted octanol–water partition coefficient (Wildman–Crippen LogP) is 0.238. The van der Waals surface area contributed by atoms with Crippen LogP contribution in [0.25, 0.3) is 0 Å². The molecule has 0 saturated heterocycles. The van der Waals surface area contributed by atoms with E-state index in [1.54, 1.807) is 11.8 Å². The summed E-state index contributed by atoms with van der Waals surface area (Å²) in [6, 6.07) is -0.777. The zero-order valence-electron chi connectivity index (χ0n) is 9.06. The Morgan fingerprint density at radius 2 is 2.19 bits per heavy atom. The molecule has 7 heteroatoms. The lowest BCUT2D eigenvalue weighted by Gasteiger charge is -2.05. The van der Waals surface area contributed by atoms with E-state index in [1.807, 2.05) is 0 Å². The third-order valence-electron chi connectivity index (χ3n) is 1.81. The van der Waals surface area contributed by atoms with Crippen LogP contribution in [0.3, 0.4) is 0 Å². The molecule has 0 aliphatic heterocycles. The van der Waals surface area contributed by atoms with Gasteiger partial charge in [0, 0.05) is 5.75 Å². The van der Waals surface area contributed by atoms with Crippen LogP contribution in [-0.2, 0) is 4.79 Å². The summed E-state index contributed by atoms with van der Waals surface area (Å²) in [6.45, 7) is -0.219. The Morgan fingerprint density at radius 3 is 2.75 bits per heavy atom. The lowest BCUT2D eigenvalue weighted by atomic mass is 10.2. The largest absolute Gasteiger partial charge is 0.480 e. The van der Waals surface area contributed by atoms with Crippen molar-refractivity contribution in [2.24, 2.45) is 16.5 Å². The van der Waals surface area contributed by atoms with Crippen molar-refractivity contribution in [3.63, 3.8) is 0 Å². The number of hydrogen-bond acceptors (Lipinski definition) is 4. The number of carbonyl (C=O) groups is 1. The number of nitrogens with two attached hydrogens (primary N) is 2.